The molecule has 0 fully saturated rings. The van der Waals surface area contributed by atoms with Crippen molar-refractivity contribution in [3.8, 4) is 11.5 Å². The van der Waals surface area contributed by atoms with E-state index in [-0.39, 0.29) is 0 Å². The summed E-state index contributed by atoms with van der Waals surface area (Å²) in [5.74, 6) is 2.24. The van der Waals surface area contributed by atoms with Crippen LogP contribution in [0.1, 0.15) is 76.3 Å². The van der Waals surface area contributed by atoms with Gasteiger partial charge in [-0.05, 0) is 133 Å². The maximum atomic E-state index is 16.8. The minimum Gasteiger partial charge on any atom is -0.489 e. The van der Waals surface area contributed by atoms with Gasteiger partial charge in [0.05, 0.1) is 0 Å². The highest BCUT2D eigenvalue weighted by Gasteiger charge is 2.38. The monoisotopic (exact) mass is 952 g/mol. The van der Waals surface area contributed by atoms with Crippen LogP contribution < -0.4 is 20.7 Å². The Hall–Kier alpha value is -7.22. The van der Waals surface area contributed by atoms with Gasteiger partial charge in [0.15, 0.2) is 14.3 Å². The van der Waals surface area contributed by atoms with Gasteiger partial charge in [-0.3, -0.25) is 0 Å². The number of fused-ring (bicyclic) bond motifs is 2. The summed E-state index contributed by atoms with van der Waals surface area (Å²) in [4.78, 5) is 0. The zero-order valence-electron chi connectivity index (χ0n) is 40.1. The lowest BCUT2D eigenvalue weighted by atomic mass is 9.96. The predicted molar refractivity (Wildman–Crippen MR) is 297 cm³/mol. The van der Waals surface area contributed by atoms with Gasteiger partial charge in [0, 0.05) is 37.4 Å². The van der Waals surface area contributed by atoms with Crippen LogP contribution in [0.3, 0.4) is 0 Å². The van der Waals surface area contributed by atoms with E-state index in [1.54, 1.807) is 0 Å². The number of rotatable bonds is 13. The lowest BCUT2D eigenvalue weighted by molar-refractivity contribution is 0.261. The molecule has 0 aliphatic heterocycles. The maximum Gasteiger partial charge on any atom is 0.171 e. The summed E-state index contributed by atoms with van der Waals surface area (Å²) in [6, 6.07) is 52.2. The highest BCUT2D eigenvalue weighted by molar-refractivity contribution is 7.85. The summed E-state index contributed by atoms with van der Waals surface area (Å²) in [5.41, 5.74) is 9.14. The Balaban J connectivity index is 1.13. The van der Waals surface area contributed by atoms with Crippen molar-refractivity contribution in [2.24, 2.45) is 0 Å². The molecule has 0 aromatic heterocycles. The summed E-state index contributed by atoms with van der Waals surface area (Å²) >= 11 is 0. The number of benzene rings is 5. The highest BCUT2D eigenvalue weighted by atomic mass is 31.2. The van der Waals surface area contributed by atoms with Crippen molar-refractivity contribution in [1.29, 1.82) is 0 Å². The Bertz CT molecular complexity index is 3360. The molecular weight excluding hydrogens is 895 g/mol. The average molecular weight is 953 g/mol. The van der Waals surface area contributed by atoms with Crippen LogP contribution in [0.2, 0.25) is 0 Å². The minimum atomic E-state index is -3.62. The second-order valence-electron chi connectivity index (χ2n) is 17.6. The van der Waals surface area contributed by atoms with E-state index in [1.165, 1.54) is 5.56 Å². The van der Waals surface area contributed by atoms with E-state index in [0.717, 1.165) is 73.7 Å². The van der Waals surface area contributed by atoms with Gasteiger partial charge >= 0.3 is 0 Å². The normalized spacial score (nSPS) is 15.8. The number of aryl methyl sites for hydroxylation is 3. The van der Waals surface area contributed by atoms with E-state index in [2.05, 4.69) is 92.4 Å². The van der Waals surface area contributed by atoms with Gasteiger partial charge in [-0.15, -0.1) is 0 Å². The van der Waals surface area contributed by atoms with E-state index in [9.17, 15) is 0 Å². The minimum absolute atomic E-state index is 0.384. The van der Waals surface area contributed by atoms with Gasteiger partial charge in [-0.1, -0.05) is 189 Å². The van der Waals surface area contributed by atoms with Crippen molar-refractivity contribution >= 4 is 59.5 Å². The number of allylic oxidation sites excluding steroid dienone is 10. The molecule has 0 saturated heterocycles. The molecule has 6 heteroatoms. The summed E-state index contributed by atoms with van der Waals surface area (Å²) in [5, 5.41) is 4.21. The first-order valence-electron chi connectivity index (χ1n) is 24.1. The Morgan fingerprint density at radius 2 is 1.33 bits per heavy atom. The molecule has 348 valence electrons. The largest absolute Gasteiger partial charge is 0.489 e. The summed E-state index contributed by atoms with van der Waals surface area (Å²) in [7, 11) is -7.22. The summed E-state index contributed by atoms with van der Waals surface area (Å²) in [6.07, 6.45) is 25.4. The zero-order chi connectivity index (χ0) is 48.5. The second-order valence-corrected chi connectivity index (χ2v) is 23.1. The van der Waals surface area contributed by atoms with E-state index in [0.29, 0.717) is 52.2 Å². The third-order valence-electron chi connectivity index (χ3n) is 13.2. The van der Waals surface area contributed by atoms with Crippen LogP contribution in [-0.4, -0.2) is 0 Å². The third-order valence-corrected chi connectivity index (χ3v) is 19.5. The number of ether oxygens (including phenoxy) is 2. The van der Waals surface area contributed by atoms with E-state index in [1.807, 2.05) is 159 Å². The SMILES string of the molecule is C=Cc1c(/C=C\C)cccc1P(=O)(C1=CCC=C(P(=O)(c2ccc(Oc3ccccccccc3C)cc2)c2ccc(COC3=CCCc4ccccc43)c(C)c2)C=C1)C1=CCC=Cc2ccccc21. The number of hydrogen-bond acceptors (Lipinski definition) is 4. The molecule has 70 heavy (non-hydrogen) atoms. The van der Waals surface area contributed by atoms with Gasteiger partial charge < -0.3 is 18.6 Å². The molecule has 3 aliphatic rings. The Morgan fingerprint density at radius 1 is 0.629 bits per heavy atom. The molecule has 3 aliphatic carbocycles. The van der Waals surface area contributed by atoms with E-state index < -0.39 is 14.3 Å². The first-order chi connectivity index (χ1) is 34.2. The van der Waals surface area contributed by atoms with Crippen LogP contribution in [0, 0.1) is 13.8 Å². The lowest BCUT2D eigenvalue weighted by Gasteiger charge is -2.27. The molecule has 2 unspecified atom stereocenters. The van der Waals surface area contributed by atoms with Gasteiger partial charge in [0.1, 0.15) is 23.9 Å². The van der Waals surface area contributed by atoms with Crippen molar-refractivity contribution in [3.05, 3.63) is 274 Å². The van der Waals surface area contributed by atoms with Crippen LogP contribution in [0.15, 0.2) is 224 Å². The van der Waals surface area contributed by atoms with Crippen molar-refractivity contribution in [2.75, 3.05) is 0 Å². The second kappa shape index (κ2) is 21.6. The molecule has 0 amide bonds. The first kappa shape index (κ1) is 47.8. The maximum absolute atomic E-state index is 16.8. The fraction of sp³-hybridized carbons (Fsp3) is 0.125. The van der Waals surface area contributed by atoms with Crippen LogP contribution in [0.4, 0.5) is 0 Å². The fourth-order valence-electron chi connectivity index (χ4n) is 9.54. The molecule has 0 radical (unpaired) electrons. The standard InChI is InChI=1S/C64H58O4P2/c1-5-22-49-28-20-36-63(58(49)6-2)70(66,64-35-18-15-26-51-25-14-17-32-60(51)64)55-30-21-29-54(43-44-55)69(65,56-41-38-53(39-42-56)68-61-33-12-10-8-7-9-11-23-47(61)3)57-40-37-52(48(4)45-57)46-67-62-34-19-27-50-24-13-16-31-59(50)62/h5-17,20,22-26,28-45H,2,18-19,21,27,46H2,1,3-4H3/b8-7?,9-7?,10-8?,11-9?,12-10?,22-5-,23-11?,33-12?,47-23?,61-33?,61-47?. The molecule has 9 rings (SSSR count). The van der Waals surface area contributed by atoms with Gasteiger partial charge in [-0.25, -0.2) is 0 Å². The van der Waals surface area contributed by atoms with Crippen LogP contribution >= 0.6 is 14.3 Å². The predicted octanol–water partition coefficient (Wildman–Crippen LogP) is 16.6. The van der Waals surface area contributed by atoms with Crippen molar-refractivity contribution in [2.45, 2.75) is 53.1 Å². The third kappa shape index (κ3) is 9.81. The number of hydrogen-bond donors (Lipinski definition) is 0. The molecular formula is C64H58O4P2. The van der Waals surface area contributed by atoms with E-state index in [4.69, 9.17) is 9.47 Å². The van der Waals surface area contributed by atoms with Gasteiger partial charge in [0.25, 0.3) is 0 Å². The molecule has 6 aromatic rings. The Kier molecular flexibility index (Phi) is 14.8. The Morgan fingerprint density at radius 3 is 2.10 bits per heavy atom. The summed E-state index contributed by atoms with van der Waals surface area (Å²) < 4.78 is 46.4. The molecule has 4 nitrogen and oxygen atoms in total. The van der Waals surface area contributed by atoms with E-state index >= 15 is 9.13 Å². The summed E-state index contributed by atoms with van der Waals surface area (Å²) in [6.45, 7) is 10.7. The van der Waals surface area contributed by atoms with Crippen LogP contribution in [0.5, 0.6) is 11.5 Å². The van der Waals surface area contributed by atoms with Crippen LogP contribution in [0.25, 0.3) is 29.3 Å². The van der Waals surface area contributed by atoms with Gasteiger partial charge in [0.2, 0.25) is 0 Å². The quantitative estimate of drug-likeness (QED) is 0.108. The molecule has 6 aromatic carbocycles. The van der Waals surface area contributed by atoms with Crippen molar-refractivity contribution in [1.82, 2.24) is 0 Å². The lowest BCUT2D eigenvalue weighted by Crippen LogP contribution is -2.18. The first-order valence-corrected chi connectivity index (χ1v) is 27.5. The molecule has 0 N–H and O–H groups in total. The smallest absolute Gasteiger partial charge is 0.171 e. The van der Waals surface area contributed by atoms with Gasteiger partial charge in [-0.2, -0.15) is 0 Å². The molecule has 0 heterocycles. The average Bonchev–Trinajstić information content (AvgIpc) is 3.79. The molecule has 2 atom stereocenters. The molecule has 0 spiro atoms. The Labute approximate surface area is 414 Å². The van der Waals surface area contributed by atoms with Crippen LogP contribution in [-0.2, 0) is 26.9 Å². The van der Waals surface area contributed by atoms with Crippen molar-refractivity contribution in [3.63, 3.8) is 0 Å². The molecule has 0 saturated carbocycles. The molecule has 0 bridgehead atoms. The fourth-order valence-corrected chi connectivity index (χ4v) is 15.5. The highest BCUT2D eigenvalue weighted by Crippen LogP contribution is 2.67. The zero-order valence-corrected chi connectivity index (χ0v) is 41.9. The topological polar surface area (TPSA) is 52.6 Å². The van der Waals surface area contributed by atoms with Crippen molar-refractivity contribution < 1.29 is 18.6 Å².